The Kier molecular flexibility index (Phi) is 3.86. The Morgan fingerprint density at radius 3 is 1.80 bits per heavy atom. The van der Waals surface area contributed by atoms with Gasteiger partial charge in [0, 0.05) is 6.04 Å². The summed E-state index contributed by atoms with van der Waals surface area (Å²) in [7, 11) is 0. The lowest BCUT2D eigenvalue weighted by Crippen LogP contribution is -2.35. The Morgan fingerprint density at radius 2 is 1.40 bits per heavy atom. The molecule has 0 amide bonds. The summed E-state index contributed by atoms with van der Waals surface area (Å²) >= 11 is 0. The van der Waals surface area contributed by atoms with Gasteiger partial charge in [-0.2, -0.15) is 0 Å². The Balaban J connectivity index is 2.54. The van der Waals surface area contributed by atoms with E-state index in [2.05, 4.69) is 34.6 Å². The van der Waals surface area contributed by atoms with Crippen LogP contribution >= 0.6 is 0 Å². The topological polar surface area (TPSA) is 26.0 Å². The van der Waals surface area contributed by atoms with Crippen LogP contribution in [0.2, 0.25) is 0 Å². The van der Waals surface area contributed by atoms with E-state index in [0.717, 1.165) is 5.92 Å². The molecule has 1 nitrogen and oxygen atoms in total. The van der Waals surface area contributed by atoms with Gasteiger partial charge in [-0.15, -0.1) is 0 Å². The van der Waals surface area contributed by atoms with Crippen molar-refractivity contribution in [2.24, 2.45) is 22.5 Å². The monoisotopic (exact) mass is 211 g/mol. The molecule has 0 heterocycles. The fourth-order valence-corrected chi connectivity index (χ4v) is 3.41. The molecule has 2 N–H and O–H groups in total. The van der Waals surface area contributed by atoms with Crippen molar-refractivity contribution < 1.29 is 0 Å². The van der Waals surface area contributed by atoms with E-state index in [1.165, 1.54) is 32.1 Å². The van der Waals surface area contributed by atoms with Gasteiger partial charge >= 0.3 is 0 Å². The molecular weight excluding hydrogens is 182 g/mol. The molecular formula is C14H29N. The molecule has 1 saturated carbocycles. The van der Waals surface area contributed by atoms with Crippen molar-refractivity contribution in [1.82, 2.24) is 0 Å². The molecule has 0 saturated heterocycles. The van der Waals surface area contributed by atoms with E-state index in [1.807, 2.05) is 0 Å². The highest BCUT2D eigenvalue weighted by Gasteiger charge is 2.35. The first-order valence-corrected chi connectivity index (χ1v) is 6.46. The third-order valence-electron chi connectivity index (χ3n) is 3.86. The Bertz CT molecular complexity index is 192. The van der Waals surface area contributed by atoms with Crippen LogP contribution in [0.5, 0.6) is 0 Å². The summed E-state index contributed by atoms with van der Waals surface area (Å²) in [6.45, 7) is 11.9. The van der Waals surface area contributed by atoms with Crippen molar-refractivity contribution in [1.29, 1.82) is 0 Å². The van der Waals surface area contributed by atoms with E-state index in [1.54, 1.807) is 0 Å². The molecule has 1 aliphatic rings. The van der Waals surface area contributed by atoms with Crippen molar-refractivity contribution in [3.63, 3.8) is 0 Å². The van der Waals surface area contributed by atoms with Gasteiger partial charge in [-0.25, -0.2) is 0 Å². The Morgan fingerprint density at radius 1 is 0.933 bits per heavy atom. The van der Waals surface area contributed by atoms with E-state index < -0.39 is 0 Å². The van der Waals surface area contributed by atoms with Crippen molar-refractivity contribution in [2.75, 3.05) is 0 Å². The van der Waals surface area contributed by atoms with Crippen molar-refractivity contribution in [3.05, 3.63) is 0 Å². The van der Waals surface area contributed by atoms with Crippen LogP contribution in [0.1, 0.15) is 66.7 Å². The number of hydrogen-bond donors (Lipinski definition) is 1. The Labute approximate surface area is 95.8 Å². The van der Waals surface area contributed by atoms with Crippen LogP contribution in [-0.4, -0.2) is 6.04 Å². The van der Waals surface area contributed by atoms with Gasteiger partial charge in [-0.05, 0) is 48.9 Å². The van der Waals surface area contributed by atoms with E-state index in [-0.39, 0.29) is 0 Å². The largest absolute Gasteiger partial charge is 0.328 e. The molecule has 0 atom stereocenters. The summed E-state index contributed by atoms with van der Waals surface area (Å²) in [6, 6.07) is 0.478. The third-order valence-corrected chi connectivity index (χ3v) is 3.86. The van der Waals surface area contributed by atoms with Gasteiger partial charge < -0.3 is 5.73 Å². The van der Waals surface area contributed by atoms with Gasteiger partial charge in [0.1, 0.15) is 0 Å². The highest BCUT2D eigenvalue weighted by Crippen LogP contribution is 2.44. The first-order chi connectivity index (χ1) is 6.71. The third kappa shape index (κ3) is 4.14. The molecule has 0 radical (unpaired) electrons. The summed E-state index contributed by atoms with van der Waals surface area (Å²) in [5.41, 5.74) is 6.90. The van der Waals surface area contributed by atoms with Crippen LogP contribution < -0.4 is 5.73 Å². The minimum absolute atomic E-state index is 0.447. The summed E-state index contributed by atoms with van der Waals surface area (Å²) in [5.74, 6) is 0.886. The van der Waals surface area contributed by atoms with Gasteiger partial charge in [0.05, 0.1) is 0 Å². The number of nitrogens with two attached hydrogens (primary N) is 1. The summed E-state index contributed by atoms with van der Waals surface area (Å²) in [5, 5.41) is 0. The first-order valence-electron chi connectivity index (χ1n) is 6.46. The molecule has 1 fully saturated rings. The van der Waals surface area contributed by atoms with Crippen LogP contribution in [0.25, 0.3) is 0 Å². The minimum Gasteiger partial charge on any atom is -0.328 e. The predicted molar refractivity (Wildman–Crippen MR) is 67.8 cm³/mol. The molecule has 1 aliphatic carbocycles. The first kappa shape index (κ1) is 13.0. The smallest absolute Gasteiger partial charge is 0.00390 e. The van der Waals surface area contributed by atoms with Gasteiger partial charge in [0.25, 0.3) is 0 Å². The standard InChI is InChI=1S/C14H29N/c1-13(2,3)10-14(4,5)11-6-8-12(15)9-7-11/h11-12H,6-10,15H2,1-5H3. The summed E-state index contributed by atoms with van der Waals surface area (Å²) in [4.78, 5) is 0. The second-order valence-corrected chi connectivity index (χ2v) is 7.34. The lowest BCUT2D eigenvalue weighted by atomic mass is 9.64. The van der Waals surface area contributed by atoms with Gasteiger partial charge in [-0.3, -0.25) is 0 Å². The Hall–Kier alpha value is -0.0400. The zero-order chi connectivity index (χ0) is 11.7. The zero-order valence-corrected chi connectivity index (χ0v) is 11.3. The van der Waals surface area contributed by atoms with Crippen LogP contribution in [0.4, 0.5) is 0 Å². The molecule has 1 heteroatoms. The summed E-state index contributed by atoms with van der Waals surface area (Å²) in [6.07, 6.45) is 6.46. The van der Waals surface area contributed by atoms with Gasteiger partial charge in [-0.1, -0.05) is 34.6 Å². The van der Waals surface area contributed by atoms with E-state index in [0.29, 0.717) is 16.9 Å². The van der Waals surface area contributed by atoms with Crippen LogP contribution in [0, 0.1) is 16.7 Å². The SMILES string of the molecule is CC(C)(C)CC(C)(C)C1CCC(N)CC1. The molecule has 0 aromatic heterocycles. The second kappa shape index (κ2) is 4.45. The highest BCUT2D eigenvalue weighted by atomic mass is 14.6. The van der Waals surface area contributed by atoms with E-state index in [9.17, 15) is 0 Å². The van der Waals surface area contributed by atoms with E-state index in [4.69, 9.17) is 5.73 Å². The number of rotatable bonds is 2. The fraction of sp³-hybridized carbons (Fsp3) is 1.00. The predicted octanol–water partition coefficient (Wildman–Crippen LogP) is 3.97. The van der Waals surface area contributed by atoms with Crippen molar-refractivity contribution >= 4 is 0 Å². The fourth-order valence-electron chi connectivity index (χ4n) is 3.41. The second-order valence-electron chi connectivity index (χ2n) is 7.34. The zero-order valence-electron chi connectivity index (χ0n) is 11.3. The van der Waals surface area contributed by atoms with Crippen LogP contribution in [0.3, 0.4) is 0 Å². The van der Waals surface area contributed by atoms with Gasteiger partial charge in [0.15, 0.2) is 0 Å². The van der Waals surface area contributed by atoms with Crippen LogP contribution in [-0.2, 0) is 0 Å². The average molecular weight is 211 g/mol. The van der Waals surface area contributed by atoms with Crippen molar-refractivity contribution in [2.45, 2.75) is 72.8 Å². The molecule has 1 rings (SSSR count). The molecule has 0 bridgehead atoms. The molecule has 15 heavy (non-hydrogen) atoms. The maximum atomic E-state index is 5.97. The number of hydrogen-bond acceptors (Lipinski definition) is 1. The van der Waals surface area contributed by atoms with Gasteiger partial charge in [0.2, 0.25) is 0 Å². The van der Waals surface area contributed by atoms with Crippen molar-refractivity contribution in [3.8, 4) is 0 Å². The highest BCUT2D eigenvalue weighted by molar-refractivity contribution is 4.87. The molecule has 0 aromatic carbocycles. The quantitative estimate of drug-likeness (QED) is 0.735. The molecule has 0 aliphatic heterocycles. The molecule has 0 aromatic rings. The maximum absolute atomic E-state index is 5.97. The maximum Gasteiger partial charge on any atom is 0.00390 e. The lowest BCUT2D eigenvalue weighted by Gasteiger charge is -2.42. The van der Waals surface area contributed by atoms with E-state index >= 15 is 0 Å². The lowest BCUT2D eigenvalue weighted by molar-refractivity contribution is 0.0951. The minimum atomic E-state index is 0.447. The van der Waals surface area contributed by atoms with Crippen LogP contribution in [0.15, 0.2) is 0 Å². The average Bonchev–Trinajstić information content (AvgIpc) is 2.00. The molecule has 90 valence electrons. The molecule has 0 spiro atoms. The normalized spacial score (nSPS) is 29.2. The summed E-state index contributed by atoms with van der Waals surface area (Å²) < 4.78 is 0. The molecule has 0 unspecified atom stereocenters.